The molecule has 1 N–H and O–H groups in total. The maximum absolute atomic E-state index is 6.14. The molecule has 1 saturated heterocycles. The van der Waals surface area contributed by atoms with E-state index in [4.69, 9.17) is 14.8 Å². The molecule has 5 rings (SSSR count). The minimum absolute atomic E-state index is 0.00318. The lowest BCUT2D eigenvalue weighted by molar-refractivity contribution is 0.127. The average Bonchev–Trinajstić information content (AvgIpc) is 3.18. The summed E-state index contributed by atoms with van der Waals surface area (Å²) in [6.45, 7) is 3.37. The fraction of sp³-hybridized carbons (Fsp3) is 0.579. The molecule has 2 aliphatic heterocycles. The highest BCUT2D eigenvalue weighted by Gasteiger charge is 2.39. The summed E-state index contributed by atoms with van der Waals surface area (Å²) in [4.78, 5) is 4.82. The second-order valence-corrected chi connectivity index (χ2v) is 9.33. The summed E-state index contributed by atoms with van der Waals surface area (Å²) in [7, 11) is 0. The lowest BCUT2D eigenvalue weighted by Gasteiger charge is -2.47. The molecule has 6 nitrogen and oxygen atoms in total. The summed E-state index contributed by atoms with van der Waals surface area (Å²) in [6, 6.07) is 10.5. The summed E-state index contributed by atoms with van der Waals surface area (Å²) in [5.74, 6) is 4.15. The molecule has 1 unspecified atom stereocenters. The summed E-state index contributed by atoms with van der Waals surface area (Å²) < 4.78 is 10.8. The Morgan fingerprint density at radius 3 is 2.62 bits per heavy atom. The van der Waals surface area contributed by atoms with Crippen LogP contribution in [0.15, 0.2) is 30.3 Å². The highest BCUT2D eigenvalue weighted by atomic mass is 27.1. The highest BCUT2D eigenvalue weighted by Crippen LogP contribution is 2.36. The van der Waals surface area contributed by atoms with E-state index in [9.17, 15) is 0 Å². The fourth-order valence-electron chi connectivity index (χ4n) is 5.02. The molecule has 2 fully saturated rings. The molecular formula is C19H26AlN5O. The molecule has 1 aromatic heterocycles. The summed E-state index contributed by atoms with van der Waals surface area (Å²) in [5.41, 5.74) is 0. The van der Waals surface area contributed by atoms with Crippen molar-refractivity contribution in [3.8, 4) is 5.75 Å². The third-order valence-electron chi connectivity index (χ3n) is 6.17. The lowest BCUT2D eigenvalue weighted by atomic mass is 9.74. The quantitative estimate of drug-likeness (QED) is 0.836. The molecule has 0 amide bonds. The third-order valence-corrected chi connectivity index (χ3v) is 6.90. The molecule has 2 bridgehead atoms. The molecule has 136 valence electrons. The van der Waals surface area contributed by atoms with E-state index in [0.717, 1.165) is 42.3 Å². The lowest BCUT2D eigenvalue weighted by Crippen LogP contribution is -2.53. The van der Waals surface area contributed by atoms with Crippen LogP contribution in [0.3, 0.4) is 0 Å². The number of aromatic nitrogens is 3. The van der Waals surface area contributed by atoms with Crippen LogP contribution in [0, 0.1) is 11.8 Å². The van der Waals surface area contributed by atoms with Gasteiger partial charge in [0.1, 0.15) is 5.75 Å². The van der Waals surface area contributed by atoms with Crippen LogP contribution >= 0.6 is 0 Å². The van der Waals surface area contributed by atoms with Gasteiger partial charge < -0.3 is 13.9 Å². The number of fused-ring (bicyclic) bond motifs is 3. The Balaban J connectivity index is 1.31. The van der Waals surface area contributed by atoms with Crippen molar-refractivity contribution in [3.63, 3.8) is 0 Å². The van der Waals surface area contributed by atoms with Gasteiger partial charge in [-0.15, -0.1) is 5.10 Å². The van der Waals surface area contributed by atoms with Gasteiger partial charge in [-0.25, -0.2) is 4.68 Å². The Hall–Kier alpha value is -1.55. The maximum atomic E-state index is 6.14. The maximum Gasteiger partial charge on any atom is 0.321 e. The van der Waals surface area contributed by atoms with Crippen LogP contribution in [0.1, 0.15) is 37.6 Å². The van der Waals surface area contributed by atoms with Gasteiger partial charge in [-0.2, -0.15) is 4.98 Å². The van der Waals surface area contributed by atoms with Gasteiger partial charge in [-0.1, -0.05) is 24.6 Å². The van der Waals surface area contributed by atoms with Crippen molar-refractivity contribution in [2.45, 2.75) is 44.4 Å². The number of hydrogen-bond acceptors (Lipinski definition) is 5. The van der Waals surface area contributed by atoms with Crippen molar-refractivity contribution in [3.05, 3.63) is 36.2 Å². The highest BCUT2D eigenvalue weighted by molar-refractivity contribution is 6.04. The zero-order valence-corrected chi connectivity index (χ0v) is 17.3. The van der Waals surface area contributed by atoms with Crippen LogP contribution < -0.4 is 10.1 Å². The van der Waals surface area contributed by atoms with E-state index in [1.54, 1.807) is 0 Å². The molecule has 0 spiro atoms. The molecule has 26 heavy (non-hydrogen) atoms. The fourth-order valence-corrected chi connectivity index (χ4v) is 5.96. The SMILES string of the molecule is [AlH2][N]1C[C@H]2CCC[C@H](C1)C2Nc1nc2n(n1)CCC2Oc1ccccc1. The number of nitrogens with one attached hydrogen (secondary N) is 1. The molecule has 1 aliphatic carbocycles. The Labute approximate surface area is 162 Å². The van der Waals surface area contributed by atoms with Crippen LogP contribution in [0.4, 0.5) is 5.95 Å². The van der Waals surface area contributed by atoms with Crippen LogP contribution in [-0.4, -0.2) is 54.3 Å². The smallest absolute Gasteiger partial charge is 0.321 e. The molecule has 1 saturated carbocycles. The molecule has 3 aliphatic rings. The van der Waals surface area contributed by atoms with Gasteiger partial charge in [0.2, 0.25) is 5.95 Å². The topological polar surface area (TPSA) is 55.2 Å². The van der Waals surface area contributed by atoms with Gasteiger partial charge in [0.25, 0.3) is 0 Å². The van der Waals surface area contributed by atoms with Gasteiger partial charge in [-0.05, 0) is 49.9 Å². The summed E-state index contributed by atoms with van der Waals surface area (Å²) in [5, 5.41) is 8.44. The molecule has 7 heteroatoms. The zero-order chi connectivity index (χ0) is 17.5. The van der Waals surface area contributed by atoms with E-state index in [1.165, 1.54) is 48.9 Å². The minimum Gasteiger partial charge on any atom is -0.482 e. The molecule has 3 heterocycles. The van der Waals surface area contributed by atoms with Crippen LogP contribution in [0.25, 0.3) is 0 Å². The first kappa shape index (κ1) is 16.6. The number of ether oxygens (including phenoxy) is 1. The second kappa shape index (κ2) is 6.88. The van der Waals surface area contributed by atoms with E-state index in [0.29, 0.717) is 6.04 Å². The van der Waals surface area contributed by atoms with Gasteiger partial charge in [0.15, 0.2) is 11.9 Å². The Morgan fingerprint density at radius 2 is 1.85 bits per heavy atom. The van der Waals surface area contributed by atoms with E-state index < -0.39 is 0 Å². The summed E-state index contributed by atoms with van der Waals surface area (Å²) in [6.07, 6.45) is 4.99. The van der Waals surface area contributed by atoms with Gasteiger partial charge >= 0.3 is 16.5 Å². The number of nitrogens with zero attached hydrogens (tertiary/aromatic N) is 4. The number of aryl methyl sites for hydroxylation is 1. The van der Waals surface area contributed by atoms with E-state index >= 15 is 0 Å². The monoisotopic (exact) mass is 367 g/mol. The number of benzene rings is 1. The van der Waals surface area contributed by atoms with E-state index in [1.807, 2.05) is 35.0 Å². The molecule has 3 atom stereocenters. The van der Waals surface area contributed by atoms with Crippen molar-refractivity contribution in [1.29, 1.82) is 0 Å². The summed E-state index contributed by atoms with van der Waals surface area (Å²) >= 11 is 1.18. The van der Waals surface area contributed by atoms with Crippen LogP contribution in [0.2, 0.25) is 0 Å². The predicted molar refractivity (Wildman–Crippen MR) is 103 cm³/mol. The van der Waals surface area contributed by atoms with Crippen molar-refractivity contribution in [2.75, 3.05) is 18.4 Å². The standard InChI is InChI=1S/C19H24N5O.Al.2H/c1-2-7-15(8-3-1)25-16-9-10-24-18(16)22-19(23-24)21-17-13-5-4-6-14(17)12-20-11-13;;;/h1-3,7-8,13-14,16-17H,4-6,9-12H2,(H,21,23);;;/q-1;+1;;/t13-,14-,16?;;;/m1.../s1. The third kappa shape index (κ3) is 3.13. The van der Waals surface area contributed by atoms with Crippen molar-refractivity contribution >= 4 is 22.5 Å². The Kier molecular flexibility index (Phi) is 4.40. The van der Waals surface area contributed by atoms with Crippen LogP contribution in [0.5, 0.6) is 5.75 Å². The minimum atomic E-state index is 0.00318. The number of piperidine rings is 1. The number of anilines is 1. The van der Waals surface area contributed by atoms with Crippen molar-refractivity contribution in [1.82, 2.24) is 18.6 Å². The normalized spacial score (nSPS) is 30.8. The van der Waals surface area contributed by atoms with Gasteiger partial charge in [0, 0.05) is 19.0 Å². The van der Waals surface area contributed by atoms with Crippen LogP contribution in [-0.2, 0) is 6.54 Å². The first-order chi connectivity index (χ1) is 12.8. The average molecular weight is 367 g/mol. The molecule has 0 radical (unpaired) electrons. The molecule has 2 aromatic rings. The molecule has 1 aromatic carbocycles. The Morgan fingerprint density at radius 1 is 1.08 bits per heavy atom. The Bertz CT molecular complexity index is 753. The zero-order valence-electron chi connectivity index (χ0n) is 15.3. The number of rotatable bonds is 4. The largest absolute Gasteiger partial charge is 0.482 e. The van der Waals surface area contributed by atoms with Gasteiger partial charge in [-0.3, -0.25) is 0 Å². The first-order valence-corrected chi connectivity index (χ1v) is 10.8. The second-order valence-electron chi connectivity index (χ2n) is 8.07. The van der Waals surface area contributed by atoms with Crippen molar-refractivity contribution in [2.24, 2.45) is 11.8 Å². The van der Waals surface area contributed by atoms with Gasteiger partial charge in [0.05, 0.1) is 0 Å². The number of hydrogen-bond donors (Lipinski definition) is 1. The molecular weight excluding hydrogens is 341 g/mol. The van der Waals surface area contributed by atoms with E-state index in [-0.39, 0.29) is 6.10 Å². The number of para-hydroxylation sites is 1. The van der Waals surface area contributed by atoms with E-state index in [2.05, 4.69) is 9.20 Å². The first-order valence-electron chi connectivity index (χ1n) is 9.88. The van der Waals surface area contributed by atoms with Crippen molar-refractivity contribution < 1.29 is 4.74 Å². The predicted octanol–water partition coefficient (Wildman–Crippen LogP) is 1.86.